The predicted molar refractivity (Wildman–Crippen MR) is 100 cm³/mol. The number of hydrogen-bond acceptors (Lipinski definition) is 4. The third kappa shape index (κ3) is 6.24. The molecule has 1 fully saturated rings. The maximum Gasteiger partial charge on any atom is 0.409 e. The van der Waals surface area contributed by atoms with E-state index in [0.717, 1.165) is 18.4 Å². The van der Waals surface area contributed by atoms with Crippen molar-refractivity contribution in [1.29, 1.82) is 0 Å². The molecule has 1 aliphatic rings. The first-order chi connectivity index (χ1) is 12.3. The third-order valence-corrected chi connectivity index (χ3v) is 4.51. The molecule has 0 spiro atoms. The van der Waals surface area contributed by atoms with Crippen LogP contribution in [0, 0.1) is 19.8 Å². The normalized spacial score (nSPS) is 15.0. The molecule has 0 bridgehead atoms. The van der Waals surface area contributed by atoms with Crippen LogP contribution in [0.2, 0.25) is 0 Å². The van der Waals surface area contributed by atoms with Gasteiger partial charge in [0.25, 0.3) is 5.91 Å². The van der Waals surface area contributed by atoms with Crippen LogP contribution in [0.5, 0.6) is 5.75 Å². The summed E-state index contributed by atoms with van der Waals surface area (Å²) >= 11 is 0. The number of hydrogen-bond donors (Lipinski definition) is 1. The molecule has 0 atom stereocenters. The minimum atomic E-state index is -0.262. The summed E-state index contributed by atoms with van der Waals surface area (Å²) in [7, 11) is 0. The molecule has 1 N–H and O–H groups in total. The monoisotopic (exact) mass is 362 g/mol. The van der Waals surface area contributed by atoms with E-state index in [1.165, 1.54) is 5.56 Å². The summed E-state index contributed by atoms with van der Waals surface area (Å²) in [5.41, 5.74) is 2.33. The molecule has 1 heterocycles. The van der Waals surface area contributed by atoms with E-state index in [9.17, 15) is 9.59 Å². The van der Waals surface area contributed by atoms with Crippen molar-refractivity contribution in [2.75, 3.05) is 26.3 Å². The first-order valence-electron chi connectivity index (χ1n) is 9.26. The molecule has 0 saturated carbocycles. The highest BCUT2D eigenvalue weighted by Crippen LogP contribution is 2.16. The molecule has 6 nitrogen and oxygen atoms in total. The highest BCUT2D eigenvalue weighted by Gasteiger charge is 2.24. The first kappa shape index (κ1) is 20.1. The van der Waals surface area contributed by atoms with Gasteiger partial charge in [0.1, 0.15) is 5.75 Å². The second-order valence-electron chi connectivity index (χ2n) is 7.33. The van der Waals surface area contributed by atoms with Crippen molar-refractivity contribution in [2.45, 2.75) is 46.6 Å². The van der Waals surface area contributed by atoms with Gasteiger partial charge in [0.05, 0.1) is 6.61 Å². The van der Waals surface area contributed by atoms with Gasteiger partial charge in [-0.15, -0.1) is 0 Å². The number of benzene rings is 1. The van der Waals surface area contributed by atoms with Gasteiger partial charge in [-0.05, 0) is 55.9 Å². The molecule has 26 heavy (non-hydrogen) atoms. The van der Waals surface area contributed by atoms with E-state index < -0.39 is 0 Å². The number of ether oxygens (including phenoxy) is 2. The fourth-order valence-electron chi connectivity index (χ4n) is 2.76. The van der Waals surface area contributed by atoms with E-state index in [2.05, 4.69) is 5.32 Å². The Bertz CT molecular complexity index is 622. The Balaban J connectivity index is 1.69. The molecule has 0 aromatic heterocycles. The molecule has 2 rings (SSSR count). The van der Waals surface area contributed by atoms with Crippen LogP contribution in [0.3, 0.4) is 0 Å². The summed E-state index contributed by atoms with van der Waals surface area (Å²) in [6.07, 6.45) is 1.19. The van der Waals surface area contributed by atoms with E-state index in [-0.39, 0.29) is 24.6 Å². The average Bonchev–Trinajstić information content (AvgIpc) is 2.61. The second-order valence-corrected chi connectivity index (χ2v) is 7.33. The second kappa shape index (κ2) is 9.46. The standard InChI is InChI=1S/C20H30N2O4/c1-14(2)12-26-20(24)22-9-7-17(8-10-22)21-19(23)13-25-18-6-5-15(3)16(4)11-18/h5-6,11,14,17H,7-10,12-13H2,1-4H3,(H,21,23). The largest absolute Gasteiger partial charge is 0.484 e. The molecule has 1 aromatic rings. The van der Waals surface area contributed by atoms with Gasteiger partial charge in [-0.1, -0.05) is 19.9 Å². The maximum absolute atomic E-state index is 12.1. The van der Waals surface area contributed by atoms with Crippen LogP contribution >= 0.6 is 0 Å². The van der Waals surface area contributed by atoms with Crippen molar-refractivity contribution in [1.82, 2.24) is 10.2 Å². The van der Waals surface area contributed by atoms with Crippen molar-refractivity contribution in [2.24, 2.45) is 5.92 Å². The van der Waals surface area contributed by atoms with Crippen molar-refractivity contribution in [3.8, 4) is 5.75 Å². The topological polar surface area (TPSA) is 67.9 Å². The van der Waals surface area contributed by atoms with Gasteiger partial charge in [-0.3, -0.25) is 4.79 Å². The molecule has 0 radical (unpaired) electrons. The molecule has 1 aliphatic heterocycles. The van der Waals surface area contributed by atoms with E-state index in [4.69, 9.17) is 9.47 Å². The molecular formula is C20H30N2O4. The highest BCUT2D eigenvalue weighted by atomic mass is 16.6. The Morgan fingerprint density at radius 3 is 2.50 bits per heavy atom. The van der Waals surface area contributed by atoms with Crippen LogP contribution in [0.25, 0.3) is 0 Å². The van der Waals surface area contributed by atoms with E-state index in [0.29, 0.717) is 31.4 Å². The van der Waals surface area contributed by atoms with E-state index >= 15 is 0 Å². The van der Waals surface area contributed by atoms with Gasteiger partial charge >= 0.3 is 6.09 Å². The lowest BCUT2D eigenvalue weighted by molar-refractivity contribution is -0.124. The SMILES string of the molecule is Cc1ccc(OCC(=O)NC2CCN(C(=O)OCC(C)C)CC2)cc1C. The molecular weight excluding hydrogens is 332 g/mol. The van der Waals surface area contributed by atoms with E-state index in [1.807, 2.05) is 45.9 Å². The van der Waals surface area contributed by atoms with Crippen LogP contribution in [-0.2, 0) is 9.53 Å². The molecule has 0 unspecified atom stereocenters. The summed E-state index contributed by atoms with van der Waals surface area (Å²) in [6, 6.07) is 5.86. The van der Waals surface area contributed by atoms with Gasteiger partial charge in [0, 0.05) is 19.1 Å². The van der Waals surface area contributed by atoms with E-state index in [1.54, 1.807) is 4.90 Å². The summed E-state index contributed by atoms with van der Waals surface area (Å²) in [6.45, 7) is 9.70. The number of piperidine rings is 1. The Hall–Kier alpha value is -2.24. The number of carbonyl (C=O) groups excluding carboxylic acids is 2. The minimum absolute atomic E-state index is 0.000848. The zero-order valence-corrected chi connectivity index (χ0v) is 16.2. The Morgan fingerprint density at radius 2 is 1.88 bits per heavy atom. The molecule has 0 aliphatic carbocycles. The Labute approximate surface area is 155 Å². The average molecular weight is 362 g/mol. The van der Waals surface area contributed by atoms with Gasteiger partial charge in [0.2, 0.25) is 0 Å². The van der Waals surface area contributed by atoms with Crippen LogP contribution < -0.4 is 10.1 Å². The van der Waals surface area contributed by atoms with Crippen LogP contribution in [0.1, 0.15) is 37.8 Å². The number of amides is 2. The minimum Gasteiger partial charge on any atom is -0.484 e. The van der Waals surface area contributed by atoms with Gasteiger partial charge in [-0.2, -0.15) is 0 Å². The zero-order chi connectivity index (χ0) is 19.1. The number of likely N-dealkylation sites (tertiary alicyclic amines) is 1. The number of nitrogens with zero attached hydrogens (tertiary/aromatic N) is 1. The fraction of sp³-hybridized carbons (Fsp3) is 0.600. The Kier molecular flexibility index (Phi) is 7.30. The van der Waals surface area contributed by atoms with Crippen LogP contribution in [-0.4, -0.2) is 49.2 Å². The quantitative estimate of drug-likeness (QED) is 0.844. The van der Waals surface area contributed by atoms with Gasteiger partial charge < -0.3 is 19.7 Å². The van der Waals surface area contributed by atoms with Gasteiger partial charge in [0.15, 0.2) is 6.61 Å². The van der Waals surface area contributed by atoms with Crippen LogP contribution in [0.15, 0.2) is 18.2 Å². The summed E-state index contributed by atoms with van der Waals surface area (Å²) in [4.78, 5) is 25.7. The molecule has 144 valence electrons. The van der Waals surface area contributed by atoms with Crippen molar-refractivity contribution < 1.29 is 19.1 Å². The molecule has 1 aromatic carbocycles. The number of carbonyl (C=O) groups is 2. The lowest BCUT2D eigenvalue weighted by Gasteiger charge is -2.31. The molecule has 1 saturated heterocycles. The fourth-order valence-corrected chi connectivity index (χ4v) is 2.76. The van der Waals surface area contributed by atoms with Gasteiger partial charge in [-0.25, -0.2) is 4.79 Å². The maximum atomic E-state index is 12.1. The lowest BCUT2D eigenvalue weighted by Crippen LogP contribution is -2.47. The first-order valence-corrected chi connectivity index (χ1v) is 9.26. The van der Waals surface area contributed by atoms with Crippen molar-refractivity contribution in [3.63, 3.8) is 0 Å². The third-order valence-electron chi connectivity index (χ3n) is 4.51. The summed E-state index contributed by atoms with van der Waals surface area (Å²) < 4.78 is 10.8. The smallest absolute Gasteiger partial charge is 0.409 e. The highest BCUT2D eigenvalue weighted by molar-refractivity contribution is 5.78. The number of aryl methyl sites for hydroxylation is 2. The van der Waals surface area contributed by atoms with Crippen molar-refractivity contribution in [3.05, 3.63) is 29.3 Å². The molecule has 2 amide bonds. The lowest BCUT2D eigenvalue weighted by atomic mass is 10.1. The Morgan fingerprint density at radius 1 is 1.19 bits per heavy atom. The number of nitrogens with one attached hydrogen (secondary N) is 1. The molecule has 6 heteroatoms. The van der Waals surface area contributed by atoms with Crippen molar-refractivity contribution >= 4 is 12.0 Å². The summed E-state index contributed by atoms with van der Waals surface area (Å²) in [5, 5.41) is 2.98. The number of rotatable bonds is 6. The zero-order valence-electron chi connectivity index (χ0n) is 16.2. The predicted octanol–water partition coefficient (Wildman–Crippen LogP) is 3.06. The summed E-state index contributed by atoms with van der Waals surface area (Å²) in [5.74, 6) is 0.892. The van der Waals surface area contributed by atoms with Crippen LogP contribution in [0.4, 0.5) is 4.79 Å².